The van der Waals surface area contributed by atoms with Crippen LogP contribution in [0.4, 0.5) is 11.4 Å². The molecule has 0 unspecified atom stereocenters. The highest BCUT2D eigenvalue weighted by Gasteiger charge is 2.20. The molecule has 0 aromatic heterocycles. The molecule has 0 spiro atoms. The van der Waals surface area contributed by atoms with E-state index in [1.54, 1.807) is 36.4 Å². The Bertz CT molecular complexity index is 847. The van der Waals surface area contributed by atoms with Crippen molar-refractivity contribution in [2.45, 2.75) is 25.2 Å². The van der Waals surface area contributed by atoms with Crippen molar-refractivity contribution in [3.8, 4) is 5.75 Å². The highest BCUT2D eigenvalue weighted by molar-refractivity contribution is 7.92. The summed E-state index contributed by atoms with van der Waals surface area (Å²) >= 11 is 0. The number of carbonyl (C=O) groups excluding carboxylic acids is 1. The number of hydrogen-bond acceptors (Lipinski definition) is 4. The van der Waals surface area contributed by atoms with Crippen LogP contribution in [0.5, 0.6) is 5.75 Å². The summed E-state index contributed by atoms with van der Waals surface area (Å²) < 4.78 is 33.1. The first kappa shape index (κ1) is 17.8. The van der Waals surface area contributed by atoms with Gasteiger partial charge >= 0.3 is 0 Å². The number of aryl methyl sites for hydroxylation is 1. The lowest BCUT2D eigenvalue weighted by molar-refractivity contribution is -0.114. The molecule has 24 heavy (non-hydrogen) atoms. The molecule has 0 aliphatic carbocycles. The molecular weight excluding hydrogens is 328 g/mol. The molecule has 0 saturated heterocycles. The summed E-state index contributed by atoms with van der Waals surface area (Å²) in [7, 11) is -2.39. The Morgan fingerprint density at radius 2 is 1.83 bits per heavy atom. The van der Waals surface area contributed by atoms with Crippen LogP contribution < -0.4 is 14.8 Å². The third kappa shape index (κ3) is 4.26. The Balaban J connectivity index is 2.37. The van der Waals surface area contributed by atoms with E-state index in [9.17, 15) is 13.2 Å². The smallest absolute Gasteiger partial charge is 0.265 e. The van der Waals surface area contributed by atoms with E-state index in [0.717, 1.165) is 5.56 Å². The quantitative estimate of drug-likeness (QED) is 0.840. The summed E-state index contributed by atoms with van der Waals surface area (Å²) in [6.45, 7) is 3.33. The number of amides is 1. The molecule has 0 saturated carbocycles. The van der Waals surface area contributed by atoms with Crippen LogP contribution in [0.15, 0.2) is 47.4 Å². The first-order valence-electron chi connectivity index (χ1n) is 7.43. The summed E-state index contributed by atoms with van der Waals surface area (Å²) in [5.74, 6) is 0.0463. The van der Waals surface area contributed by atoms with E-state index in [4.69, 9.17) is 4.74 Å². The number of rotatable bonds is 6. The van der Waals surface area contributed by atoms with Gasteiger partial charge in [-0.3, -0.25) is 9.52 Å². The van der Waals surface area contributed by atoms with E-state index in [-0.39, 0.29) is 16.6 Å². The van der Waals surface area contributed by atoms with E-state index >= 15 is 0 Å². The van der Waals surface area contributed by atoms with Crippen molar-refractivity contribution in [2.24, 2.45) is 0 Å². The molecule has 0 atom stereocenters. The minimum Gasteiger partial charge on any atom is -0.495 e. The minimum atomic E-state index is -3.82. The van der Waals surface area contributed by atoms with Gasteiger partial charge in [-0.1, -0.05) is 19.1 Å². The summed E-state index contributed by atoms with van der Waals surface area (Å²) in [6, 6.07) is 11.6. The number of methoxy groups -OCH3 is 1. The molecule has 2 N–H and O–H groups in total. The van der Waals surface area contributed by atoms with Crippen LogP contribution in [0, 0.1) is 0 Å². The normalized spacial score (nSPS) is 11.0. The van der Waals surface area contributed by atoms with Crippen LogP contribution in [0.3, 0.4) is 0 Å². The maximum absolute atomic E-state index is 12.7. The topological polar surface area (TPSA) is 84.5 Å². The zero-order chi connectivity index (χ0) is 17.7. The zero-order valence-electron chi connectivity index (χ0n) is 13.8. The lowest BCUT2D eigenvalue weighted by Gasteiger charge is -2.13. The lowest BCUT2D eigenvalue weighted by Crippen LogP contribution is -2.15. The first-order chi connectivity index (χ1) is 11.4. The fraction of sp³-hybridized carbons (Fsp3) is 0.235. The van der Waals surface area contributed by atoms with Crippen molar-refractivity contribution >= 4 is 27.3 Å². The molecule has 2 aromatic rings. The van der Waals surface area contributed by atoms with Crippen LogP contribution in [0.25, 0.3) is 0 Å². The summed E-state index contributed by atoms with van der Waals surface area (Å²) in [4.78, 5) is 11.2. The average molecular weight is 348 g/mol. The highest BCUT2D eigenvalue weighted by Crippen LogP contribution is 2.27. The Labute approximate surface area is 141 Å². The molecule has 128 valence electrons. The minimum absolute atomic E-state index is 0.0780. The van der Waals surface area contributed by atoms with Crippen LogP contribution in [-0.2, 0) is 21.2 Å². The highest BCUT2D eigenvalue weighted by atomic mass is 32.2. The van der Waals surface area contributed by atoms with Crippen molar-refractivity contribution < 1.29 is 17.9 Å². The molecule has 7 heteroatoms. The van der Waals surface area contributed by atoms with Gasteiger partial charge < -0.3 is 10.1 Å². The predicted octanol–water partition coefficient (Wildman–Crippen LogP) is 3.02. The Kier molecular flexibility index (Phi) is 5.46. The van der Waals surface area contributed by atoms with E-state index in [1.165, 1.54) is 14.0 Å². The number of anilines is 2. The number of nitrogens with one attached hydrogen (secondary N) is 2. The fourth-order valence-corrected chi connectivity index (χ4v) is 3.49. The molecule has 0 aliphatic rings. The van der Waals surface area contributed by atoms with Gasteiger partial charge in [-0.05, 0) is 42.3 Å². The summed E-state index contributed by atoms with van der Waals surface area (Å²) in [5.41, 5.74) is 1.75. The fourth-order valence-electron chi connectivity index (χ4n) is 2.22. The first-order valence-corrected chi connectivity index (χ1v) is 8.91. The van der Waals surface area contributed by atoms with Crippen LogP contribution in [-0.4, -0.2) is 21.4 Å². The van der Waals surface area contributed by atoms with Crippen molar-refractivity contribution in [3.05, 3.63) is 48.0 Å². The van der Waals surface area contributed by atoms with Gasteiger partial charge in [-0.2, -0.15) is 0 Å². The van der Waals surface area contributed by atoms with Crippen molar-refractivity contribution in [1.82, 2.24) is 0 Å². The molecular formula is C17H20N2O4S. The standard InChI is InChI=1S/C17H20N2O4S/c1-4-13-8-9-16(23-3)17(10-13)24(21,22)19-15-7-5-6-14(11-15)18-12(2)20/h5-11,19H,4H2,1-3H3,(H,18,20). The average Bonchev–Trinajstić information content (AvgIpc) is 2.53. The Morgan fingerprint density at radius 3 is 2.46 bits per heavy atom. The molecule has 0 aliphatic heterocycles. The number of sulfonamides is 1. The van der Waals surface area contributed by atoms with Crippen LogP contribution in [0.2, 0.25) is 0 Å². The molecule has 0 bridgehead atoms. The molecule has 0 radical (unpaired) electrons. The van der Waals surface area contributed by atoms with Crippen LogP contribution >= 0.6 is 0 Å². The van der Waals surface area contributed by atoms with Crippen molar-refractivity contribution in [2.75, 3.05) is 17.1 Å². The van der Waals surface area contributed by atoms with Gasteiger partial charge in [0.05, 0.1) is 12.8 Å². The third-order valence-electron chi connectivity index (χ3n) is 3.36. The molecule has 2 aromatic carbocycles. The maximum atomic E-state index is 12.7. The maximum Gasteiger partial charge on any atom is 0.265 e. The van der Waals surface area contributed by atoms with E-state index < -0.39 is 10.0 Å². The van der Waals surface area contributed by atoms with Gasteiger partial charge in [0.25, 0.3) is 10.0 Å². The third-order valence-corrected chi connectivity index (χ3v) is 4.76. The second-order valence-electron chi connectivity index (χ2n) is 5.21. The molecule has 2 rings (SSSR count). The predicted molar refractivity (Wildman–Crippen MR) is 93.9 cm³/mol. The number of carbonyl (C=O) groups is 1. The molecule has 0 fully saturated rings. The number of benzene rings is 2. The Hall–Kier alpha value is -2.54. The van der Waals surface area contributed by atoms with Crippen molar-refractivity contribution in [1.29, 1.82) is 0 Å². The lowest BCUT2D eigenvalue weighted by atomic mass is 10.2. The SMILES string of the molecule is CCc1ccc(OC)c(S(=O)(=O)Nc2cccc(NC(C)=O)c2)c1. The van der Waals surface area contributed by atoms with Gasteiger partial charge in [0.2, 0.25) is 5.91 Å². The van der Waals surface area contributed by atoms with Gasteiger partial charge in [-0.25, -0.2) is 8.42 Å². The van der Waals surface area contributed by atoms with Gasteiger partial charge in [0, 0.05) is 12.6 Å². The summed E-state index contributed by atoms with van der Waals surface area (Å²) in [5, 5.41) is 2.61. The van der Waals surface area contributed by atoms with Gasteiger partial charge in [0.15, 0.2) is 0 Å². The second kappa shape index (κ2) is 7.35. The van der Waals surface area contributed by atoms with E-state index in [1.807, 2.05) is 13.0 Å². The second-order valence-corrected chi connectivity index (χ2v) is 6.86. The van der Waals surface area contributed by atoms with E-state index in [0.29, 0.717) is 17.8 Å². The number of ether oxygens (including phenoxy) is 1. The molecule has 6 nitrogen and oxygen atoms in total. The largest absolute Gasteiger partial charge is 0.495 e. The van der Waals surface area contributed by atoms with Crippen LogP contribution in [0.1, 0.15) is 19.4 Å². The monoisotopic (exact) mass is 348 g/mol. The molecule has 0 heterocycles. The van der Waals surface area contributed by atoms with Crippen molar-refractivity contribution in [3.63, 3.8) is 0 Å². The number of hydrogen-bond donors (Lipinski definition) is 2. The van der Waals surface area contributed by atoms with E-state index in [2.05, 4.69) is 10.0 Å². The summed E-state index contributed by atoms with van der Waals surface area (Å²) in [6.07, 6.45) is 0.713. The molecule has 1 amide bonds. The Morgan fingerprint density at radius 1 is 1.12 bits per heavy atom. The zero-order valence-corrected chi connectivity index (χ0v) is 14.6. The van der Waals surface area contributed by atoms with Gasteiger partial charge in [0.1, 0.15) is 10.6 Å². The van der Waals surface area contributed by atoms with Gasteiger partial charge in [-0.15, -0.1) is 0 Å².